The molecule has 82 valence electrons. The molecule has 1 aromatic heterocycles. The second kappa shape index (κ2) is 5.24. The Kier molecular flexibility index (Phi) is 3.69. The topological polar surface area (TPSA) is 34.2 Å². The summed E-state index contributed by atoms with van der Waals surface area (Å²) in [5.74, 6) is 0.589. The Labute approximate surface area is 90.9 Å². The SMILES string of the molecule is CNC(c1ccncc1)C1CCCOC1. The highest BCUT2D eigenvalue weighted by molar-refractivity contribution is 5.16. The van der Waals surface area contributed by atoms with Crippen molar-refractivity contribution in [1.82, 2.24) is 10.3 Å². The summed E-state index contributed by atoms with van der Waals surface area (Å²) in [5.41, 5.74) is 1.31. The second-order valence-electron chi connectivity index (χ2n) is 4.02. The van der Waals surface area contributed by atoms with Crippen LogP contribution >= 0.6 is 0 Å². The van der Waals surface area contributed by atoms with E-state index in [1.807, 2.05) is 19.4 Å². The third kappa shape index (κ3) is 2.55. The maximum absolute atomic E-state index is 5.53. The predicted octanol–water partition coefficient (Wildman–Crippen LogP) is 1.77. The van der Waals surface area contributed by atoms with Crippen LogP contribution in [-0.4, -0.2) is 25.2 Å². The average Bonchev–Trinajstić information content (AvgIpc) is 2.33. The lowest BCUT2D eigenvalue weighted by Crippen LogP contribution is -2.31. The molecule has 15 heavy (non-hydrogen) atoms. The number of aromatic nitrogens is 1. The second-order valence-corrected chi connectivity index (χ2v) is 4.02. The normalized spacial score (nSPS) is 23.7. The first kappa shape index (κ1) is 10.6. The van der Waals surface area contributed by atoms with Crippen LogP contribution in [0.1, 0.15) is 24.4 Å². The van der Waals surface area contributed by atoms with Crippen LogP contribution in [0.3, 0.4) is 0 Å². The molecular formula is C12H18N2O. The monoisotopic (exact) mass is 206 g/mol. The molecule has 2 unspecified atom stereocenters. The van der Waals surface area contributed by atoms with Gasteiger partial charge >= 0.3 is 0 Å². The predicted molar refractivity (Wildman–Crippen MR) is 59.6 cm³/mol. The number of hydrogen-bond donors (Lipinski definition) is 1. The van der Waals surface area contributed by atoms with E-state index in [1.165, 1.54) is 18.4 Å². The van der Waals surface area contributed by atoms with E-state index in [-0.39, 0.29) is 0 Å². The zero-order valence-electron chi connectivity index (χ0n) is 9.15. The zero-order valence-corrected chi connectivity index (χ0v) is 9.15. The van der Waals surface area contributed by atoms with Gasteiger partial charge in [-0.2, -0.15) is 0 Å². The van der Waals surface area contributed by atoms with Crippen LogP contribution < -0.4 is 5.32 Å². The summed E-state index contributed by atoms with van der Waals surface area (Å²) < 4.78 is 5.53. The number of ether oxygens (including phenoxy) is 1. The number of rotatable bonds is 3. The van der Waals surface area contributed by atoms with Gasteiger partial charge in [-0.3, -0.25) is 4.98 Å². The van der Waals surface area contributed by atoms with Crippen molar-refractivity contribution >= 4 is 0 Å². The lowest BCUT2D eigenvalue weighted by atomic mass is 9.89. The van der Waals surface area contributed by atoms with Crippen molar-refractivity contribution in [1.29, 1.82) is 0 Å². The minimum absolute atomic E-state index is 0.397. The molecule has 0 spiro atoms. The standard InChI is InChI=1S/C12H18N2O/c1-13-12(10-4-6-14-7-5-10)11-3-2-8-15-9-11/h4-7,11-13H,2-3,8-9H2,1H3. The zero-order chi connectivity index (χ0) is 10.5. The Morgan fingerprint density at radius 2 is 2.27 bits per heavy atom. The van der Waals surface area contributed by atoms with Gasteiger partial charge in [0, 0.05) is 31.0 Å². The highest BCUT2D eigenvalue weighted by Crippen LogP contribution is 2.27. The summed E-state index contributed by atoms with van der Waals surface area (Å²) in [6, 6.07) is 4.55. The Balaban J connectivity index is 2.09. The minimum Gasteiger partial charge on any atom is -0.381 e. The molecule has 0 amide bonds. The van der Waals surface area contributed by atoms with E-state index in [0.717, 1.165) is 13.2 Å². The van der Waals surface area contributed by atoms with Gasteiger partial charge in [-0.15, -0.1) is 0 Å². The van der Waals surface area contributed by atoms with Gasteiger partial charge in [0.15, 0.2) is 0 Å². The van der Waals surface area contributed by atoms with Crippen molar-refractivity contribution in [3.8, 4) is 0 Å². The number of nitrogens with zero attached hydrogens (tertiary/aromatic N) is 1. The van der Waals surface area contributed by atoms with Crippen LogP contribution in [0.15, 0.2) is 24.5 Å². The molecule has 1 N–H and O–H groups in total. The molecule has 1 fully saturated rings. The Hall–Kier alpha value is -0.930. The van der Waals surface area contributed by atoms with Crippen LogP contribution in [0.5, 0.6) is 0 Å². The maximum Gasteiger partial charge on any atom is 0.0512 e. The van der Waals surface area contributed by atoms with E-state index < -0.39 is 0 Å². The fourth-order valence-corrected chi connectivity index (χ4v) is 2.27. The van der Waals surface area contributed by atoms with Gasteiger partial charge in [0.2, 0.25) is 0 Å². The average molecular weight is 206 g/mol. The molecule has 1 aromatic rings. The first-order valence-corrected chi connectivity index (χ1v) is 5.56. The maximum atomic E-state index is 5.53. The van der Waals surface area contributed by atoms with E-state index in [2.05, 4.69) is 22.4 Å². The van der Waals surface area contributed by atoms with E-state index in [4.69, 9.17) is 4.74 Å². The smallest absolute Gasteiger partial charge is 0.0512 e. The van der Waals surface area contributed by atoms with E-state index in [1.54, 1.807) is 0 Å². The molecule has 2 atom stereocenters. The van der Waals surface area contributed by atoms with Crippen molar-refractivity contribution in [3.63, 3.8) is 0 Å². The van der Waals surface area contributed by atoms with Crippen LogP contribution in [-0.2, 0) is 4.74 Å². The third-order valence-corrected chi connectivity index (χ3v) is 3.04. The minimum atomic E-state index is 0.397. The molecule has 0 radical (unpaired) electrons. The first-order valence-electron chi connectivity index (χ1n) is 5.56. The summed E-state index contributed by atoms with van der Waals surface area (Å²) in [5, 5.41) is 3.38. The van der Waals surface area contributed by atoms with Gasteiger partial charge in [-0.05, 0) is 37.6 Å². The molecule has 1 aliphatic heterocycles. The van der Waals surface area contributed by atoms with E-state index in [0.29, 0.717) is 12.0 Å². The largest absolute Gasteiger partial charge is 0.381 e. The molecule has 0 saturated carbocycles. The molecule has 2 heterocycles. The molecular weight excluding hydrogens is 188 g/mol. The lowest BCUT2D eigenvalue weighted by molar-refractivity contribution is 0.0402. The Morgan fingerprint density at radius 3 is 2.87 bits per heavy atom. The Bertz CT molecular complexity index is 283. The van der Waals surface area contributed by atoms with Crippen LogP contribution in [0.2, 0.25) is 0 Å². The molecule has 1 aliphatic rings. The van der Waals surface area contributed by atoms with Gasteiger partial charge in [0.25, 0.3) is 0 Å². The highest BCUT2D eigenvalue weighted by atomic mass is 16.5. The number of hydrogen-bond acceptors (Lipinski definition) is 3. The molecule has 2 rings (SSSR count). The number of nitrogens with one attached hydrogen (secondary N) is 1. The fourth-order valence-electron chi connectivity index (χ4n) is 2.27. The van der Waals surface area contributed by atoms with Crippen molar-refractivity contribution in [2.75, 3.05) is 20.3 Å². The van der Waals surface area contributed by atoms with Gasteiger partial charge in [0.1, 0.15) is 0 Å². The molecule has 0 aliphatic carbocycles. The van der Waals surface area contributed by atoms with Gasteiger partial charge < -0.3 is 10.1 Å². The molecule has 3 heteroatoms. The van der Waals surface area contributed by atoms with Crippen LogP contribution in [0.25, 0.3) is 0 Å². The molecule has 0 aromatic carbocycles. The van der Waals surface area contributed by atoms with Gasteiger partial charge in [0.05, 0.1) is 6.61 Å². The highest BCUT2D eigenvalue weighted by Gasteiger charge is 2.23. The van der Waals surface area contributed by atoms with Crippen molar-refractivity contribution < 1.29 is 4.74 Å². The summed E-state index contributed by atoms with van der Waals surface area (Å²) >= 11 is 0. The summed E-state index contributed by atoms with van der Waals surface area (Å²) in [6.45, 7) is 1.79. The summed E-state index contributed by atoms with van der Waals surface area (Å²) in [4.78, 5) is 4.05. The van der Waals surface area contributed by atoms with E-state index >= 15 is 0 Å². The van der Waals surface area contributed by atoms with Crippen molar-refractivity contribution in [2.45, 2.75) is 18.9 Å². The van der Waals surface area contributed by atoms with Crippen LogP contribution in [0.4, 0.5) is 0 Å². The lowest BCUT2D eigenvalue weighted by Gasteiger charge is -2.30. The van der Waals surface area contributed by atoms with Crippen molar-refractivity contribution in [2.24, 2.45) is 5.92 Å². The molecule has 1 saturated heterocycles. The Morgan fingerprint density at radius 1 is 1.47 bits per heavy atom. The molecule has 0 bridgehead atoms. The first-order chi connectivity index (χ1) is 7.42. The molecule has 3 nitrogen and oxygen atoms in total. The van der Waals surface area contributed by atoms with Gasteiger partial charge in [-0.1, -0.05) is 0 Å². The fraction of sp³-hybridized carbons (Fsp3) is 0.583. The number of pyridine rings is 1. The summed E-state index contributed by atoms with van der Waals surface area (Å²) in [7, 11) is 2.01. The van der Waals surface area contributed by atoms with Crippen molar-refractivity contribution in [3.05, 3.63) is 30.1 Å². The van der Waals surface area contributed by atoms with Crippen LogP contribution in [0, 0.1) is 5.92 Å². The van der Waals surface area contributed by atoms with E-state index in [9.17, 15) is 0 Å². The quantitative estimate of drug-likeness (QED) is 0.818. The third-order valence-electron chi connectivity index (χ3n) is 3.04. The van der Waals surface area contributed by atoms with Gasteiger partial charge in [-0.25, -0.2) is 0 Å². The summed E-state index contributed by atoms with van der Waals surface area (Å²) in [6.07, 6.45) is 6.12.